The number of hydrogen-bond acceptors (Lipinski definition) is 2. The summed E-state index contributed by atoms with van der Waals surface area (Å²) in [6.07, 6.45) is 0.471. The molecule has 2 nitrogen and oxygen atoms in total. The predicted octanol–water partition coefficient (Wildman–Crippen LogP) is 3.12. The molecule has 1 fully saturated rings. The number of nitrogens with zero attached hydrogens (tertiary/aromatic N) is 1. The molecule has 1 atom stereocenters. The topological polar surface area (TPSA) is 23.5 Å². The Hall–Kier alpha value is -1.09. The first-order valence-electron chi connectivity index (χ1n) is 6.11. The summed E-state index contributed by atoms with van der Waals surface area (Å²) >= 11 is 0. The average molecular weight is 237 g/mol. The molecule has 94 valence electrons. The van der Waals surface area contributed by atoms with Crippen molar-refractivity contribution in [2.24, 2.45) is 5.41 Å². The highest BCUT2D eigenvalue weighted by atomic mass is 19.1. The Morgan fingerprint density at radius 2 is 2.12 bits per heavy atom. The number of hydrogen-bond donors (Lipinski definition) is 1. The highest BCUT2D eigenvalue weighted by molar-refractivity contribution is 5.50. The van der Waals surface area contributed by atoms with Gasteiger partial charge in [-0.05, 0) is 36.5 Å². The Labute approximate surface area is 102 Å². The third kappa shape index (κ3) is 2.60. The zero-order valence-electron chi connectivity index (χ0n) is 10.7. The van der Waals surface area contributed by atoms with Crippen LogP contribution in [0.1, 0.15) is 38.9 Å². The maximum atomic E-state index is 14.0. The van der Waals surface area contributed by atoms with E-state index >= 15 is 0 Å². The van der Waals surface area contributed by atoms with E-state index in [2.05, 4.69) is 18.7 Å². The summed E-state index contributed by atoms with van der Waals surface area (Å²) in [5, 5.41) is 9.41. The van der Waals surface area contributed by atoms with Crippen molar-refractivity contribution in [3.05, 3.63) is 29.6 Å². The van der Waals surface area contributed by atoms with Crippen molar-refractivity contribution in [3.63, 3.8) is 0 Å². The van der Waals surface area contributed by atoms with Crippen LogP contribution in [-0.2, 0) is 0 Å². The number of halogens is 1. The molecule has 0 aliphatic carbocycles. The second kappa shape index (κ2) is 4.30. The molecule has 1 aromatic rings. The summed E-state index contributed by atoms with van der Waals surface area (Å²) in [6, 6.07) is 5.01. The molecule has 0 radical (unpaired) electrons. The molecule has 1 aliphatic rings. The quantitative estimate of drug-likeness (QED) is 0.854. The van der Waals surface area contributed by atoms with Gasteiger partial charge >= 0.3 is 0 Å². The number of aliphatic hydroxyl groups is 1. The number of anilines is 1. The smallest absolute Gasteiger partial charge is 0.146 e. The fourth-order valence-electron chi connectivity index (χ4n) is 2.36. The first-order valence-corrected chi connectivity index (χ1v) is 6.11. The summed E-state index contributed by atoms with van der Waals surface area (Å²) in [5.41, 5.74) is 1.54. The van der Waals surface area contributed by atoms with Gasteiger partial charge in [0.2, 0.25) is 0 Å². The van der Waals surface area contributed by atoms with Crippen LogP contribution < -0.4 is 4.90 Å². The summed E-state index contributed by atoms with van der Waals surface area (Å²) in [4.78, 5) is 2.08. The molecule has 0 aromatic heterocycles. The largest absolute Gasteiger partial charge is 0.389 e. The third-order valence-electron chi connectivity index (χ3n) is 3.47. The third-order valence-corrected chi connectivity index (χ3v) is 3.47. The van der Waals surface area contributed by atoms with Crippen LogP contribution in [0.4, 0.5) is 10.1 Å². The van der Waals surface area contributed by atoms with E-state index < -0.39 is 6.10 Å². The molecule has 1 heterocycles. The van der Waals surface area contributed by atoms with Crippen molar-refractivity contribution in [2.45, 2.75) is 33.3 Å². The molecule has 0 unspecified atom stereocenters. The van der Waals surface area contributed by atoms with E-state index in [1.807, 2.05) is 0 Å². The molecule has 1 saturated heterocycles. The normalized spacial score (nSPS) is 20.6. The van der Waals surface area contributed by atoms with Crippen molar-refractivity contribution >= 4 is 5.69 Å². The first-order chi connectivity index (χ1) is 7.89. The van der Waals surface area contributed by atoms with Crippen LogP contribution in [0.3, 0.4) is 0 Å². The second-order valence-corrected chi connectivity index (χ2v) is 5.72. The summed E-state index contributed by atoms with van der Waals surface area (Å²) < 4.78 is 14.0. The lowest BCUT2D eigenvalue weighted by atomic mass is 9.93. The molecule has 1 aromatic carbocycles. The van der Waals surface area contributed by atoms with E-state index in [1.165, 1.54) is 6.07 Å². The summed E-state index contributed by atoms with van der Waals surface area (Å²) in [6.45, 7) is 7.84. The van der Waals surface area contributed by atoms with Gasteiger partial charge in [0.25, 0.3) is 0 Å². The van der Waals surface area contributed by atoms with Crippen LogP contribution in [0.5, 0.6) is 0 Å². The van der Waals surface area contributed by atoms with Crippen molar-refractivity contribution in [1.82, 2.24) is 0 Å². The van der Waals surface area contributed by atoms with Crippen LogP contribution >= 0.6 is 0 Å². The lowest BCUT2D eigenvalue weighted by Crippen LogP contribution is -2.23. The van der Waals surface area contributed by atoms with Gasteiger partial charge < -0.3 is 10.0 Å². The maximum absolute atomic E-state index is 14.0. The maximum Gasteiger partial charge on any atom is 0.146 e. The van der Waals surface area contributed by atoms with Gasteiger partial charge in [0.15, 0.2) is 0 Å². The monoisotopic (exact) mass is 237 g/mol. The van der Waals surface area contributed by atoms with Gasteiger partial charge in [-0.1, -0.05) is 19.9 Å². The molecule has 2 rings (SSSR count). The Kier molecular flexibility index (Phi) is 3.13. The Morgan fingerprint density at radius 1 is 1.41 bits per heavy atom. The van der Waals surface area contributed by atoms with Crippen LogP contribution in [0, 0.1) is 11.2 Å². The van der Waals surface area contributed by atoms with Gasteiger partial charge in [0.05, 0.1) is 11.8 Å². The predicted molar refractivity (Wildman–Crippen MR) is 67.6 cm³/mol. The lowest BCUT2D eigenvalue weighted by molar-refractivity contribution is 0.199. The van der Waals surface area contributed by atoms with Gasteiger partial charge in [-0.3, -0.25) is 0 Å². The molecular formula is C14H20FNO. The molecular weight excluding hydrogens is 217 g/mol. The fraction of sp³-hybridized carbons (Fsp3) is 0.571. The van der Waals surface area contributed by atoms with E-state index in [1.54, 1.807) is 19.1 Å². The van der Waals surface area contributed by atoms with E-state index in [9.17, 15) is 9.50 Å². The van der Waals surface area contributed by atoms with Gasteiger partial charge in [0.1, 0.15) is 5.82 Å². The van der Waals surface area contributed by atoms with E-state index in [0.29, 0.717) is 11.3 Å². The summed E-state index contributed by atoms with van der Waals surface area (Å²) in [7, 11) is 0. The van der Waals surface area contributed by atoms with Crippen molar-refractivity contribution in [3.8, 4) is 0 Å². The first kappa shape index (κ1) is 12.4. The molecule has 1 aliphatic heterocycles. The van der Waals surface area contributed by atoms with Crippen LogP contribution in [0.2, 0.25) is 0 Å². The zero-order chi connectivity index (χ0) is 12.6. The minimum Gasteiger partial charge on any atom is -0.389 e. The highest BCUT2D eigenvalue weighted by Crippen LogP contribution is 2.34. The lowest BCUT2D eigenvalue weighted by Gasteiger charge is -2.22. The SMILES string of the molecule is C[C@H](O)c1ccc(N2CCC(C)(C)C2)c(F)c1. The number of benzene rings is 1. The standard InChI is InChI=1S/C14H20FNO/c1-10(17)11-4-5-13(12(15)8-11)16-7-6-14(2,3)9-16/h4-5,8,10,17H,6-7,9H2,1-3H3/t10-/m0/s1. The summed E-state index contributed by atoms with van der Waals surface area (Å²) in [5.74, 6) is -0.235. The van der Waals surface area contributed by atoms with Crippen LogP contribution in [0.15, 0.2) is 18.2 Å². The number of rotatable bonds is 2. The van der Waals surface area contributed by atoms with E-state index in [0.717, 1.165) is 19.5 Å². The van der Waals surface area contributed by atoms with Crippen molar-refractivity contribution < 1.29 is 9.50 Å². The van der Waals surface area contributed by atoms with Gasteiger partial charge in [-0.15, -0.1) is 0 Å². The Morgan fingerprint density at radius 3 is 2.59 bits per heavy atom. The molecule has 0 amide bonds. The van der Waals surface area contributed by atoms with Gasteiger partial charge in [-0.25, -0.2) is 4.39 Å². The van der Waals surface area contributed by atoms with E-state index in [4.69, 9.17) is 0 Å². The minimum atomic E-state index is -0.617. The molecule has 0 saturated carbocycles. The average Bonchev–Trinajstić information content (AvgIpc) is 2.58. The molecule has 17 heavy (non-hydrogen) atoms. The van der Waals surface area contributed by atoms with Crippen LogP contribution in [-0.4, -0.2) is 18.2 Å². The molecule has 1 N–H and O–H groups in total. The van der Waals surface area contributed by atoms with E-state index in [-0.39, 0.29) is 11.2 Å². The Balaban J connectivity index is 2.23. The highest BCUT2D eigenvalue weighted by Gasteiger charge is 2.30. The fourth-order valence-corrected chi connectivity index (χ4v) is 2.36. The zero-order valence-corrected chi connectivity index (χ0v) is 10.7. The van der Waals surface area contributed by atoms with Crippen molar-refractivity contribution in [1.29, 1.82) is 0 Å². The van der Waals surface area contributed by atoms with Gasteiger partial charge in [0, 0.05) is 13.1 Å². The molecule has 0 bridgehead atoms. The van der Waals surface area contributed by atoms with Crippen molar-refractivity contribution in [2.75, 3.05) is 18.0 Å². The molecule has 3 heteroatoms. The Bertz CT molecular complexity index is 415. The molecule has 0 spiro atoms. The second-order valence-electron chi connectivity index (χ2n) is 5.72. The minimum absolute atomic E-state index is 0.235. The van der Waals surface area contributed by atoms with Gasteiger partial charge in [-0.2, -0.15) is 0 Å². The number of aliphatic hydroxyl groups excluding tert-OH is 1. The van der Waals surface area contributed by atoms with Crippen LogP contribution in [0.25, 0.3) is 0 Å².